The number of halogens is 2. The van der Waals surface area contributed by atoms with Crippen molar-refractivity contribution in [1.29, 1.82) is 0 Å². The van der Waals surface area contributed by atoms with Crippen LogP contribution in [0.2, 0.25) is 0 Å². The summed E-state index contributed by atoms with van der Waals surface area (Å²) in [4.78, 5) is 0. The summed E-state index contributed by atoms with van der Waals surface area (Å²) in [5, 5.41) is 0. The van der Waals surface area contributed by atoms with Crippen LogP contribution >= 0.6 is 0 Å². The van der Waals surface area contributed by atoms with Gasteiger partial charge in [0.1, 0.15) is 0 Å². The van der Waals surface area contributed by atoms with Crippen LogP contribution in [0, 0.1) is 23.7 Å². The maximum absolute atomic E-state index is 13.0. The SMILES string of the molecule is CCC1CCC(C2CCC(CC(C)(F)F)CC2)CC1. The van der Waals surface area contributed by atoms with Crippen molar-refractivity contribution in [1.82, 2.24) is 0 Å². The molecular weight excluding hydrogens is 242 g/mol. The fraction of sp³-hybridized carbons (Fsp3) is 1.00. The van der Waals surface area contributed by atoms with Gasteiger partial charge in [-0.15, -0.1) is 0 Å². The molecule has 2 fully saturated rings. The van der Waals surface area contributed by atoms with Crippen molar-refractivity contribution in [2.75, 3.05) is 0 Å². The molecule has 0 unspecified atom stereocenters. The normalized spacial score (nSPS) is 37.3. The molecule has 2 aliphatic rings. The van der Waals surface area contributed by atoms with Gasteiger partial charge >= 0.3 is 0 Å². The topological polar surface area (TPSA) is 0 Å². The first kappa shape index (κ1) is 15.3. The minimum atomic E-state index is -2.46. The molecule has 0 amide bonds. The van der Waals surface area contributed by atoms with Crippen LogP contribution in [0.25, 0.3) is 0 Å². The molecule has 0 aromatic rings. The third-order valence-electron chi connectivity index (χ3n) is 5.67. The maximum Gasteiger partial charge on any atom is 0.245 e. The molecule has 0 heterocycles. The number of hydrogen-bond acceptors (Lipinski definition) is 0. The van der Waals surface area contributed by atoms with E-state index >= 15 is 0 Å². The van der Waals surface area contributed by atoms with Gasteiger partial charge in [0.15, 0.2) is 0 Å². The lowest BCUT2D eigenvalue weighted by Gasteiger charge is -2.38. The second-order valence-corrected chi connectivity index (χ2v) is 7.24. The van der Waals surface area contributed by atoms with Gasteiger partial charge in [0.25, 0.3) is 0 Å². The Balaban J connectivity index is 1.72. The van der Waals surface area contributed by atoms with E-state index in [-0.39, 0.29) is 12.3 Å². The fourth-order valence-corrected chi connectivity index (χ4v) is 4.44. The van der Waals surface area contributed by atoms with Crippen molar-refractivity contribution in [2.45, 2.75) is 84.0 Å². The molecule has 0 aliphatic heterocycles. The first-order valence-electron chi connectivity index (χ1n) is 8.35. The Morgan fingerprint density at radius 3 is 1.58 bits per heavy atom. The van der Waals surface area contributed by atoms with E-state index in [1.165, 1.54) is 44.9 Å². The lowest BCUT2D eigenvalue weighted by atomic mass is 9.68. The van der Waals surface area contributed by atoms with Gasteiger partial charge in [-0.2, -0.15) is 0 Å². The molecule has 0 bridgehead atoms. The van der Waals surface area contributed by atoms with Gasteiger partial charge < -0.3 is 0 Å². The van der Waals surface area contributed by atoms with E-state index in [2.05, 4.69) is 6.92 Å². The highest BCUT2D eigenvalue weighted by Gasteiger charge is 2.33. The molecule has 0 nitrogen and oxygen atoms in total. The molecule has 2 rings (SSSR count). The Kier molecular flexibility index (Phi) is 5.25. The van der Waals surface area contributed by atoms with Crippen LogP contribution in [-0.2, 0) is 0 Å². The minimum absolute atomic E-state index is 0.113. The Hall–Kier alpha value is -0.140. The molecule has 19 heavy (non-hydrogen) atoms. The van der Waals surface area contributed by atoms with Crippen molar-refractivity contribution in [3.05, 3.63) is 0 Å². The predicted octanol–water partition coefficient (Wildman–Crippen LogP) is 6.05. The Morgan fingerprint density at radius 1 is 0.789 bits per heavy atom. The lowest BCUT2D eigenvalue weighted by molar-refractivity contribution is -0.0132. The van der Waals surface area contributed by atoms with Crippen LogP contribution in [0.1, 0.15) is 78.1 Å². The van der Waals surface area contributed by atoms with Crippen molar-refractivity contribution in [2.24, 2.45) is 23.7 Å². The second-order valence-electron chi connectivity index (χ2n) is 7.24. The van der Waals surface area contributed by atoms with Crippen molar-refractivity contribution >= 4 is 0 Å². The van der Waals surface area contributed by atoms with Gasteiger partial charge in [0.05, 0.1) is 0 Å². The van der Waals surface area contributed by atoms with E-state index in [1.54, 1.807) is 0 Å². The van der Waals surface area contributed by atoms with Crippen LogP contribution in [-0.4, -0.2) is 5.92 Å². The number of alkyl halides is 2. The molecule has 0 atom stereocenters. The highest BCUT2D eigenvalue weighted by atomic mass is 19.3. The molecule has 2 saturated carbocycles. The predicted molar refractivity (Wildman–Crippen MR) is 76.4 cm³/mol. The molecule has 112 valence electrons. The van der Waals surface area contributed by atoms with Gasteiger partial charge in [-0.3, -0.25) is 0 Å². The summed E-state index contributed by atoms with van der Waals surface area (Å²) in [5.74, 6) is 0.538. The van der Waals surface area contributed by atoms with E-state index in [4.69, 9.17) is 0 Å². The van der Waals surface area contributed by atoms with E-state index in [1.807, 2.05) is 0 Å². The van der Waals surface area contributed by atoms with Crippen molar-refractivity contribution in [3.8, 4) is 0 Å². The molecule has 0 N–H and O–H groups in total. The average Bonchev–Trinajstić information content (AvgIpc) is 2.38. The Labute approximate surface area is 117 Å². The Morgan fingerprint density at radius 2 is 1.21 bits per heavy atom. The molecule has 0 radical (unpaired) electrons. The molecular formula is C17H30F2. The Bertz CT molecular complexity index is 253. The quantitative estimate of drug-likeness (QED) is 0.584. The summed E-state index contributed by atoms with van der Waals surface area (Å²) in [7, 11) is 0. The van der Waals surface area contributed by atoms with Crippen LogP contribution in [0.4, 0.5) is 8.78 Å². The fourth-order valence-electron chi connectivity index (χ4n) is 4.44. The van der Waals surface area contributed by atoms with E-state index in [9.17, 15) is 8.78 Å². The lowest BCUT2D eigenvalue weighted by Crippen LogP contribution is -2.27. The molecule has 2 aliphatic carbocycles. The standard InChI is InChI=1S/C17H30F2/c1-3-13-4-8-15(9-5-13)16-10-6-14(7-11-16)12-17(2,18)19/h13-16H,3-12H2,1-2H3. The van der Waals surface area contributed by atoms with Crippen LogP contribution < -0.4 is 0 Å². The van der Waals surface area contributed by atoms with E-state index in [0.29, 0.717) is 0 Å². The average molecular weight is 272 g/mol. The number of rotatable bonds is 4. The number of hydrogen-bond donors (Lipinski definition) is 0. The zero-order valence-electron chi connectivity index (χ0n) is 12.6. The summed E-state index contributed by atoms with van der Waals surface area (Å²) in [5.41, 5.74) is 0. The third-order valence-corrected chi connectivity index (χ3v) is 5.67. The summed E-state index contributed by atoms with van der Waals surface area (Å²) in [6.45, 7) is 3.38. The van der Waals surface area contributed by atoms with Gasteiger partial charge in [-0.05, 0) is 69.1 Å². The van der Waals surface area contributed by atoms with Gasteiger partial charge in [-0.25, -0.2) is 8.78 Å². The monoisotopic (exact) mass is 272 g/mol. The van der Waals surface area contributed by atoms with Crippen LogP contribution in [0.15, 0.2) is 0 Å². The van der Waals surface area contributed by atoms with Crippen LogP contribution in [0.3, 0.4) is 0 Å². The van der Waals surface area contributed by atoms with Crippen molar-refractivity contribution in [3.63, 3.8) is 0 Å². The molecule has 0 saturated heterocycles. The summed E-state index contributed by atoms with van der Waals surface area (Å²) in [6.07, 6.45) is 11.6. The molecule has 0 aromatic heterocycles. The third kappa shape index (κ3) is 4.72. The first-order valence-corrected chi connectivity index (χ1v) is 8.35. The summed E-state index contributed by atoms with van der Waals surface area (Å²) in [6, 6.07) is 0. The van der Waals surface area contributed by atoms with Gasteiger partial charge in [0.2, 0.25) is 5.92 Å². The van der Waals surface area contributed by atoms with Gasteiger partial charge in [-0.1, -0.05) is 26.2 Å². The first-order chi connectivity index (χ1) is 8.98. The minimum Gasteiger partial charge on any atom is -0.207 e. The zero-order valence-corrected chi connectivity index (χ0v) is 12.6. The molecule has 0 aromatic carbocycles. The highest BCUT2D eigenvalue weighted by molar-refractivity contribution is 4.82. The van der Waals surface area contributed by atoms with E-state index in [0.717, 1.165) is 37.5 Å². The largest absolute Gasteiger partial charge is 0.245 e. The van der Waals surface area contributed by atoms with Gasteiger partial charge in [0, 0.05) is 6.42 Å². The van der Waals surface area contributed by atoms with E-state index < -0.39 is 5.92 Å². The summed E-state index contributed by atoms with van der Waals surface area (Å²) >= 11 is 0. The van der Waals surface area contributed by atoms with Crippen LogP contribution in [0.5, 0.6) is 0 Å². The molecule has 2 heteroatoms. The summed E-state index contributed by atoms with van der Waals surface area (Å²) < 4.78 is 26.1. The smallest absolute Gasteiger partial charge is 0.207 e. The maximum atomic E-state index is 13.0. The highest BCUT2D eigenvalue weighted by Crippen LogP contribution is 2.43. The molecule has 0 spiro atoms. The van der Waals surface area contributed by atoms with Crippen molar-refractivity contribution < 1.29 is 8.78 Å². The second kappa shape index (κ2) is 6.54. The zero-order chi connectivity index (χ0) is 13.9.